The summed E-state index contributed by atoms with van der Waals surface area (Å²) in [4.78, 5) is 25.9. The summed E-state index contributed by atoms with van der Waals surface area (Å²) >= 11 is 0. The SMILES string of the molecule is COc1cccc(C2(C(=O)N(C)Cc3ccc(OCC(=O)O)cc3)CCCC2)c1. The number of carboxylic acids is 1. The van der Waals surface area contributed by atoms with Crippen molar-refractivity contribution in [3.63, 3.8) is 0 Å². The predicted octanol–water partition coefficient (Wildman–Crippen LogP) is 3.63. The molecule has 0 atom stereocenters. The summed E-state index contributed by atoms with van der Waals surface area (Å²) in [5.41, 5.74) is 1.47. The topological polar surface area (TPSA) is 76.1 Å². The lowest BCUT2D eigenvalue weighted by Crippen LogP contribution is -2.43. The Balaban J connectivity index is 1.74. The molecule has 6 nitrogen and oxygen atoms in total. The Hall–Kier alpha value is -3.02. The molecule has 3 rings (SSSR count). The van der Waals surface area contributed by atoms with Gasteiger partial charge in [0.25, 0.3) is 0 Å². The lowest BCUT2D eigenvalue weighted by molar-refractivity contribution is -0.139. The van der Waals surface area contributed by atoms with E-state index >= 15 is 0 Å². The molecule has 0 spiro atoms. The minimum atomic E-state index is -1.01. The van der Waals surface area contributed by atoms with Crippen molar-refractivity contribution in [2.45, 2.75) is 37.6 Å². The number of hydrogen-bond acceptors (Lipinski definition) is 4. The van der Waals surface area contributed by atoms with Crippen LogP contribution in [0.25, 0.3) is 0 Å². The second kappa shape index (κ2) is 8.99. The zero-order valence-electron chi connectivity index (χ0n) is 16.9. The van der Waals surface area contributed by atoms with Gasteiger partial charge in [0, 0.05) is 13.6 Å². The Bertz CT molecular complexity index is 856. The van der Waals surface area contributed by atoms with Crippen LogP contribution in [0, 0.1) is 0 Å². The van der Waals surface area contributed by atoms with Gasteiger partial charge in [0.2, 0.25) is 5.91 Å². The van der Waals surface area contributed by atoms with Crippen LogP contribution in [0.15, 0.2) is 48.5 Å². The fourth-order valence-corrected chi connectivity index (χ4v) is 4.07. The van der Waals surface area contributed by atoms with Crippen molar-refractivity contribution >= 4 is 11.9 Å². The molecule has 1 aliphatic carbocycles. The highest BCUT2D eigenvalue weighted by atomic mass is 16.5. The number of carboxylic acid groups (broad SMARTS) is 1. The van der Waals surface area contributed by atoms with E-state index in [-0.39, 0.29) is 12.5 Å². The normalized spacial score (nSPS) is 15.0. The predicted molar refractivity (Wildman–Crippen MR) is 109 cm³/mol. The van der Waals surface area contributed by atoms with Gasteiger partial charge < -0.3 is 19.5 Å². The lowest BCUT2D eigenvalue weighted by Gasteiger charge is -2.33. The minimum Gasteiger partial charge on any atom is -0.497 e. The second-order valence-corrected chi connectivity index (χ2v) is 7.51. The van der Waals surface area contributed by atoms with Gasteiger partial charge in [-0.25, -0.2) is 4.79 Å². The smallest absolute Gasteiger partial charge is 0.341 e. The molecule has 1 fully saturated rings. The molecular weight excluding hydrogens is 370 g/mol. The number of carbonyl (C=O) groups is 2. The minimum absolute atomic E-state index is 0.120. The van der Waals surface area contributed by atoms with E-state index in [1.807, 2.05) is 43.4 Å². The van der Waals surface area contributed by atoms with Crippen molar-refractivity contribution in [3.8, 4) is 11.5 Å². The highest BCUT2D eigenvalue weighted by molar-refractivity contribution is 5.88. The van der Waals surface area contributed by atoms with E-state index in [1.54, 1.807) is 24.1 Å². The number of nitrogens with zero attached hydrogens (tertiary/aromatic N) is 1. The molecule has 0 aliphatic heterocycles. The molecule has 1 N–H and O–H groups in total. The van der Waals surface area contributed by atoms with E-state index < -0.39 is 11.4 Å². The highest BCUT2D eigenvalue weighted by Gasteiger charge is 2.44. The average molecular weight is 397 g/mol. The maximum atomic E-state index is 13.5. The zero-order chi connectivity index (χ0) is 20.9. The standard InChI is InChI=1S/C23H27NO5/c1-24(15-17-8-10-19(11-9-17)29-16-21(25)26)22(27)23(12-3-4-13-23)18-6-5-7-20(14-18)28-2/h5-11,14H,3-4,12-13,15-16H2,1-2H3,(H,25,26). The van der Waals surface area contributed by atoms with E-state index in [2.05, 4.69) is 0 Å². The molecule has 1 amide bonds. The van der Waals surface area contributed by atoms with E-state index in [9.17, 15) is 9.59 Å². The van der Waals surface area contributed by atoms with Gasteiger partial charge in [0.15, 0.2) is 6.61 Å². The van der Waals surface area contributed by atoms with Crippen LogP contribution in [0.4, 0.5) is 0 Å². The molecule has 0 unspecified atom stereocenters. The fraction of sp³-hybridized carbons (Fsp3) is 0.391. The van der Waals surface area contributed by atoms with Crippen molar-refractivity contribution in [1.82, 2.24) is 4.90 Å². The van der Waals surface area contributed by atoms with Gasteiger partial charge in [0.1, 0.15) is 11.5 Å². The third-order valence-corrected chi connectivity index (χ3v) is 5.54. The Morgan fingerprint density at radius 3 is 2.38 bits per heavy atom. The van der Waals surface area contributed by atoms with Crippen molar-refractivity contribution in [3.05, 3.63) is 59.7 Å². The van der Waals surface area contributed by atoms with Crippen LogP contribution in [-0.4, -0.2) is 42.6 Å². The van der Waals surface area contributed by atoms with Gasteiger partial charge >= 0.3 is 5.97 Å². The Labute approximate surface area is 171 Å². The lowest BCUT2D eigenvalue weighted by atomic mass is 9.77. The molecule has 2 aromatic rings. The van der Waals surface area contributed by atoms with Crippen LogP contribution in [0.2, 0.25) is 0 Å². The number of amides is 1. The Morgan fingerprint density at radius 2 is 1.76 bits per heavy atom. The van der Waals surface area contributed by atoms with E-state index in [0.717, 1.165) is 42.6 Å². The maximum Gasteiger partial charge on any atom is 0.341 e. The zero-order valence-corrected chi connectivity index (χ0v) is 16.9. The molecule has 0 bridgehead atoms. The van der Waals surface area contributed by atoms with Gasteiger partial charge in [-0.2, -0.15) is 0 Å². The average Bonchev–Trinajstić information content (AvgIpc) is 3.24. The number of ether oxygens (including phenoxy) is 2. The number of hydrogen-bond donors (Lipinski definition) is 1. The molecule has 0 aromatic heterocycles. The number of rotatable bonds is 8. The number of carbonyl (C=O) groups excluding carboxylic acids is 1. The van der Waals surface area contributed by atoms with Gasteiger partial charge in [-0.05, 0) is 48.2 Å². The summed E-state index contributed by atoms with van der Waals surface area (Å²) in [5, 5.41) is 8.69. The van der Waals surface area contributed by atoms with Gasteiger partial charge in [-0.3, -0.25) is 4.79 Å². The first kappa shape index (κ1) is 20.7. The molecule has 6 heteroatoms. The first-order valence-electron chi connectivity index (χ1n) is 9.78. The molecular formula is C23H27NO5. The van der Waals surface area contributed by atoms with Crippen LogP contribution in [0.1, 0.15) is 36.8 Å². The molecule has 1 aliphatic rings. The number of benzene rings is 2. The van der Waals surface area contributed by atoms with Crippen LogP contribution < -0.4 is 9.47 Å². The summed E-state index contributed by atoms with van der Waals surface area (Å²) in [7, 11) is 3.47. The van der Waals surface area contributed by atoms with Crippen molar-refractivity contribution in [2.75, 3.05) is 20.8 Å². The maximum absolute atomic E-state index is 13.5. The molecule has 0 radical (unpaired) electrons. The van der Waals surface area contributed by atoms with Gasteiger partial charge in [-0.15, -0.1) is 0 Å². The monoisotopic (exact) mass is 397 g/mol. The second-order valence-electron chi connectivity index (χ2n) is 7.51. The molecule has 29 heavy (non-hydrogen) atoms. The summed E-state index contributed by atoms with van der Waals surface area (Å²) in [5.74, 6) is 0.364. The Morgan fingerprint density at radius 1 is 1.07 bits per heavy atom. The van der Waals surface area contributed by atoms with Crippen LogP contribution in [0.5, 0.6) is 11.5 Å². The summed E-state index contributed by atoms with van der Waals surface area (Å²) in [6, 6.07) is 15.0. The Kier molecular flexibility index (Phi) is 6.42. The van der Waals surface area contributed by atoms with Gasteiger partial charge in [0.05, 0.1) is 12.5 Å². The third-order valence-electron chi connectivity index (χ3n) is 5.54. The van der Waals surface area contributed by atoms with E-state index in [1.165, 1.54) is 0 Å². The number of aliphatic carboxylic acids is 1. The molecule has 0 heterocycles. The molecule has 1 saturated carbocycles. The summed E-state index contributed by atoms with van der Waals surface area (Å²) < 4.78 is 10.5. The van der Waals surface area contributed by atoms with Gasteiger partial charge in [-0.1, -0.05) is 37.1 Å². The quantitative estimate of drug-likeness (QED) is 0.736. The summed E-state index contributed by atoms with van der Waals surface area (Å²) in [6.07, 6.45) is 3.75. The number of methoxy groups -OCH3 is 1. The van der Waals surface area contributed by atoms with Crippen LogP contribution >= 0.6 is 0 Å². The fourth-order valence-electron chi connectivity index (χ4n) is 4.07. The highest BCUT2D eigenvalue weighted by Crippen LogP contribution is 2.43. The van der Waals surface area contributed by atoms with E-state index in [0.29, 0.717) is 12.3 Å². The summed E-state index contributed by atoms with van der Waals surface area (Å²) in [6.45, 7) is 0.102. The number of likely N-dealkylation sites (N-methyl/N-ethyl adjacent to an activating group) is 1. The van der Waals surface area contributed by atoms with Crippen molar-refractivity contribution in [2.24, 2.45) is 0 Å². The molecule has 2 aromatic carbocycles. The third kappa shape index (κ3) is 4.70. The van der Waals surface area contributed by atoms with Crippen LogP contribution in [-0.2, 0) is 21.5 Å². The first-order chi connectivity index (χ1) is 13.9. The largest absolute Gasteiger partial charge is 0.497 e. The molecule has 0 saturated heterocycles. The van der Waals surface area contributed by atoms with Crippen LogP contribution in [0.3, 0.4) is 0 Å². The molecule has 154 valence electrons. The van der Waals surface area contributed by atoms with Crippen molar-refractivity contribution in [1.29, 1.82) is 0 Å². The van der Waals surface area contributed by atoms with Crippen molar-refractivity contribution < 1.29 is 24.2 Å². The first-order valence-corrected chi connectivity index (χ1v) is 9.78. The van der Waals surface area contributed by atoms with E-state index in [4.69, 9.17) is 14.6 Å².